The number of nitrogens with one attached hydrogen (secondary N) is 1. The number of alkyl halides is 3. The van der Waals surface area contributed by atoms with E-state index in [1.54, 1.807) is 0 Å². The third-order valence-corrected chi connectivity index (χ3v) is 5.49. The zero-order valence-electron chi connectivity index (χ0n) is 15.6. The average molecular weight is 411 g/mol. The Kier molecular flexibility index (Phi) is 6.01. The van der Waals surface area contributed by atoms with Gasteiger partial charge in [-0.3, -0.25) is 4.79 Å². The first kappa shape index (κ1) is 20.7. The van der Waals surface area contributed by atoms with Crippen LogP contribution in [-0.2, 0) is 11.0 Å². The molecule has 1 N–H and O–H groups in total. The van der Waals surface area contributed by atoms with Crippen LogP contribution in [0, 0.1) is 5.92 Å². The van der Waals surface area contributed by atoms with Crippen LogP contribution in [0.3, 0.4) is 0 Å². The van der Waals surface area contributed by atoms with Gasteiger partial charge in [-0.25, -0.2) is 0 Å². The van der Waals surface area contributed by atoms with Crippen LogP contribution >= 0.6 is 11.6 Å². The first-order valence-electron chi connectivity index (χ1n) is 9.04. The van der Waals surface area contributed by atoms with Crippen molar-refractivity contribution in [2.24, 2.45) is 5.92 Å². The Balaban J connectivity index is 1.59. The molecule has 1 aliphatic carbocycles. The van der Waals surface area contributed by atoms with Crippen molar-refractivity contribution in [3.63, 3.8) is 0 Å². The Morgan fingerprint density at radius 2 is 1.82 bits per heavy atom. The van der Waals surface area contributed by atoms with Crippen LogP contribution in [0.5, 0.6) is 0 Å². The Bertz CT molecular complexity index is 836. The molecule has 2 aromatic rings. The summed E-state index contributed by atoms with van der Waals surface area (Å²) in [5.41, 5.74) is 1.03. The molecule has 0 radical (unpaired) electrons. The number of nitrogens with zero attached hydrogens (tertiary/aromatic N) is 1. The third-order valence-electron chi connectivity index (χ3n) is 5.15. The highest BCUT2D eigenvalue weighted by Gasteiger charge is 2.44. The molecule has 3 atom stereocenters. The molecule has 150 valence electrons. The molecule has 0 saturated heterocycles. The maximum Gasteiger partial charge on any atom is 0.416 e. The Labute approximate surface area is 167 Å². The molecule has 0 aromatic heterocycles. The van der Waals surface area contributed by atoms with Gasteiger partial charge in [0.15, 0.2) is 0 Å². The molecule has 1 fully saturated rings. The minimum absolute atomic E-state index is 0.0274. The fourth-order valence-corrected chi connectivity index (χ4v) is 3.68. The Hall–Kier alpha value is -2.05. The minimum atomic E-state index is -4.35. The molecular formula is C21H22ClF3N2O. The lowest BCUT2D eigenvalue weighted by Gasteiger charge is -2.26. The normalized spacial score (nSPS) is 20.1. The van der Waals surface area contributed by atoms with E-state index in [0.29, 0.717) is 18.0 Å². The van der Waals surface area contributed by atoms with Gasteiger partial charge in [0.05, 0.1) is 11.6 Å². The van der Waals surface area contributed by atoms with E-state index >= 15 is 0 Å². The molecule has 1 saturated carbocycles. The van der Waals surface area contributed by atoms with E-state index in [0.717, 1.165) is 23.3 Å². The quantitative estimate of drug-likeness (QED) is 0.736. The van der Waals surface area contributed by atoms with Gasteiger partial charge in [-0.15, -0.1) is 0 Å². The van der Waals surface area contributed by atoms with Gasteiger partial charge in [0.25, 0.3) is 0 Å². The molecule has 0 spiro atoms. The van der Waals surface area contributed by atoms with Crippen LogP contribution in [0.25, 0.3) is 0 Å². The average Bonchev–Trinajstić information content (AvgIpc) is 3.43. The van der Waals surface area contributed by atoms with Crippen molar-refractivity contribution >= 4 is 17.5 Å². The topological polar surface area (TPSA) is 32.3 Å². The van der Waals surface area contributed by atoms with Gasteiger partial charge in [0.2, 0.25) is 5.91 Å². The van der Waals surface area contributed by atoms with E-state index in [2.05, 4.69) is 5.32 Å². The van der Waals surface area contributed by atoms with E-state index in [4.69, 9.17) is 11.6 Å². The van der Waals surface area contributed by atoms with Crippen LogP contribution in [0.15, 0.2) is 48.5 Å². The number of carbonyl (C=O) groups excluding carboxylic acids is 1. The van der Waals surface area contributed by atoms with Crippen LogP contribution in [0.4, 0.5) is 13.2 Å². The van der Waals surface area contributed by atoms with E-state index < -0.39 is 11.7 Å². The Morgan fingerprint density at radius 1 is 1.18 bits per heavy atom. The predicted molar refractivity (Wildman–Crippen MR) is 103 cm³/mol. The van der Waals surface area contributed by atoms with Gasteiger partial charge in [0, 0.05) is 17.5 Å². The van der Waals surface area contributed by atoms with Crippen molar-refractivity contribution < 1.29 is 18.0 Å². The summed E-state index contributed by atoms with van der Waals surface area (Å²) in [6.07, 6.45) is -3.70. The molecule has 3 rings (SSSR count). The van der Waals surface area contributed by atoms with Crippen molar-refractivity contribution in [3.05, 3.63) is 70.2 Å². The van der Waals surface area contributed by atoms with Crippen molar-refractivity contribution in [1.82, 2.24) is 10.2 Å². The summed E-state index contributed by atoms with van der Waals surface area (Å²) in [5.74, 6) is -0.310. The zero-order valence-corrected chi connectivity index (χ0v) is 16.4. The highest BCUT2D eigenvalue weighted by atomic mass is 35.5. The number of carbonyl (C=O) groups is 1. The molecule has 1 amide bonds. The largest absolute Gasteiger partial charge is 0.416 e. The second-order valence-corrected chi connectivity index (χ2v) is 7.72. The SMILES string of the molecule is CN(C)C(CNC(=O)C1CC1c1ccc(C(F)(F)F)cc1)c1ccccc1Cl. The minimum Gasteiger partial charge on any atom is -0.354 e. The van der Waals surface area contributed by atoms with Gasteiger partial charge in [0.1, 0.15) is 0 Å². The molecule has 0 heterocycles. The molecule has 2 aromatic carbocycles. The smallest absolute Gasteiger partial charge is 0.354 e. The Morgan fingerprint density at radius 3 is 2.39 bits per heavy atom. The van der Waals surface area contributed by atoms with Crippen molar-refractivity contribution in [3.8, 4) is 0 Å². The lowest BCUT2D eigenvalue weighted by molar-refractivity contribution is -0.137. The molecule has 3 unspecified atom stereocenters. The number of halogens is 4. The zero-order chi connectivity index (χ0) is 20.5. The summed E-state index contributed by atoms with van der Waals surface area (Å²) in [6, 6.07) is 12.5. The summed E-state index contributed by atoms with van der Waals surface area (Å²) in [4.78, 5) is 14.5. The fraction of sp³-hybridized carbons (Fsp3) is 0.381. The summed E-state index contributed by atoms with van der Waals surface area (Å²) in [6.45, 7) is 0.409. The molecule has 0 aliphatic heterocycles. The van der Waals surface area contributed by atoms with Gasteiger partial charge in [-0.05, 0) is 55.8 Å². The summed E-state index contributed by atoms with van der Waals surface area (Å²) < 4.78 is 38.0. The highest BCUT2D eigenvalue weighted by molar-refractivity contribution is 6.31. The third kappa shape index (κ3) is 4.67. The maximum absolute atomic E-state index is 12.7. The van der Waals surface area contributed by atoms with Crippen LogP contribution in [0.2, 0.25) is 5.02 Å². The summed E-state index contributed by atoms with van der Waals surface area (Å²) >= 11 is 6.28. The number of benzene rings is 2. The van der Waals surface area contributed by atoms with E-state index in [9.17, 15) is 18.0 Å². The predicted octanol–water partition coefficient (Wildman–Crippen LogP) is 4.88. The molecule has 3 nitrogen and oxygen atoms in total. The first-order chi connectivity index (χ1) is 13.2. The molecule has 28 heavy (non-hydrogen) atoms. The fourth-order valence-electron chi connectivity index (χ4n) is 3.42. The van der Waals surface area contributed by atoms with Crippen LogP contribution < -0.4 is 5.32 Å². The summed E-state index contributed by atoms with van der Waals surface area (Å²) in [7, 11) is 3.84. The molecule has 1 aliphatic rings. The lowest BCUT2D eigenvalue weighted by Crippen LogP contribution is -2.35. The number of hydrogen-bond acceptors (Lipinski definition) is 2. The summed E-state index contributed by atoms with van der Waals surface area (Å²) in [5, 5.41) is 3.61. The number of hydrogen-bond donors (Lipinski definition) is 1. The van der Waals surface area contributed by atoms with Gasteiger partial charge in [-0.2, -0.15) is 13.2 Å². The standard InChI is InChI=1S/C21H22ClF3N2O/c1-27(2)19(15-5-3-4-6-18(15)22)12-26-20(28)17-11-16(17)13-7-9-14(10-8-13)21(23,24)25/h3-10,16-17,19H,11-12H2,1-2H3,(H,26,28). The lowest BCUT2D eigenvalue weighted by atomic mass is 10.0. The maximum atomic E-state index is 12.7. The second-order valence-electron chi connectivity index (χ2n) is 7.31. The number of rotatable bonds is 6. The molecule has 0 bridgehead atoms. The van der Waals surface area contributed by atoms with Crippen LogP contribution in [-0.4, -0.2) is 31.4 Å². The van der Waals surface area contributed by atoms with E-state index in [1.165, 1.54) is 12.1 Å². The monoisotopic (exact) mass is 410 g/mol. The van der Waals surface area contributed by atoms with E-state index in [1.807, 2.05) is 43.3 Å². The number of likely N-dealkylation sites (N-methyl/N-ethyl adjacent to an activating group) is 1. The highest BCUT2D eigenvalue weighted by Crippen LogP contribution is 2.48. The first-order valence-corrected chi connectivity index (χ1v) is 9.42. The van der Waals surface area contributed by atoms with Gasteiger partial charge >= 0.3 is 6.18 Å². The molecular weight excluding hydrogens is 389 g/mol. The van der Waals surface area contributed by atoms with Crippen molar-refractivity contribution in [2.45, 2.75) is 24.6 Å². The second kappa shape index (κ2) is 8.13. The van der Waals surface area contributed by atoms with Crippen LogP contribution in [0.1, 0.15) is 35.1 Å². The van der Waals surface area contributed by atoms with E-state index in [-0.39, 0.29) is 23.8 Å². The van der Waals surface area contributed by atoms with Crippen molar-refractivity contribution in [2.75, 3.05) is 20.6 Å². The van der Waals surface area contributed by atoms with Gasteiger partial charge in [-0.1, -0.05) is 41.9 Å². The number of amides is 1. The van der Waals surface area contributed by atoms with Crippen molar-refractivity contribution in [1.29, 1.82) is 0 Å². The van der Waals surface area contributed by atoms with Gasteiger partial charge < -0.3 is 10.2 Å². The molecule has 7 heteroatoms.